The molecule has 3 aromatic carbocycles. The van der Waals surface area contributed by atoms with Crippen LogP contribution in [-0.2, 0) is 9.53 Å². The lowest BCUT2D eigenvalue weighted by Gasteiger charge is -2.32. The Hall–Kier alpha value is -3.56. The van der Waals surface area contributed by atoms with E-state index in [1.807, 2.05) is 78.4 Å². The number of carbonyl (C=O) groups is 2. The summed E-state index contributed by atoms with van der Waals surface area (Å²) in [6.45, 7) is 3.48. The highest BCUT2D eigenvalue weighted by Crippen LogP contribution is 2.48. The van der Waals surface area contributed by atoms with Crippen LogP contribution < -0.4 is 4.90 Å². The fraction of sp³-hybridized carbons (Fsp3) is 0.154. The number of aryl methyl sites for hydroxylation is 1. The second-order valence-corrected chi connectivity index (χ2v) is 9.73. The van der Waals surface area contributed by atoms with Crippen LogP contribution in [-0.4, -0.2) is 39.0 Å². The third kappa shape index (κ3) is 4.33. The Morgan fingerprint density at radius 2 is 1.51 bits per heavy atom. The number of fused-ring (bicyclic) bond motifs is 2. The Kier molecular flexibility index (Phi) is 6.36. The standard InChI is InChI=1S/C26H22N4O3S2/c1-16(24(31)30-20-8-4-6-10-22(20)35-23-11-7-5-9-21(23)30)33-25(32)18-12-14-19(15-13-18)29-17(2)27-28-26(29)34-3/h4-16H,1-3H3. The second-order valence-electron chi connectivity index (χ2n) is 7.87. The molecule has 1 atom stereocenters. The van der Waals surface area contributed by atoms with Crippen LogP contribution in [0.3, 0.4) is 0 Å². The number of ether oxygens (including phenoxy) is 1. The maximum absolute atomic E-state index is 13.5. The van der Waals surface area contributed by atoms with Gasteiger partial charge in [0, 0.05) is 15.5 Å². The molecule has 0 saturated heterocycles. The summed E-state index contributed by atoms with van der Waals surface area (Å²) in [6.07, 6.45) is 0.955. The van der Waals surface area contributed by atoms with Crippen molar-refractivity contribution in [2.45, 2.75) is 34.9 Å². The fourth-order valence-corrected chi connectivity index (χ4v) is 5.52. The zero-order valence-electron chi connectivity index (χ0n) is 19.3. The van der Waals surface area contributed by atoms with E-state index in [-0.39, 0.29) is 5.91 Å². The van der Waals surface area contributed by atoms with Crippen molar-refractivity contribution in [3.8, 4) is 5.69 Å². The van der Waals surface area contributed by atoms with Gasteiger partial charge < -0.3 is 4.74 Å². The lowest BCUT2D eigenvalue weighted by Crippen LogP contribution is -2.38. The number of hydrogen-bond donors (Lipinski definition) is 0. The van der Waals surface area contributed by atoms with Crippen molar-refractivity contribution in [3.63, 3.8) is 0 Å². The highest BCUT2D eigenvalue weighted by Gasteiger charge is 2.32. The molecule has 1 aliphatic rings. The monoisotopic (exact) mass is 502 g/mol. The van der Waals surface area contributed by atoms with Crippen LogP contribution in [0.5, 0.6) is 0 Å². The molecule has 0 aliphatic carbocycles. The normalized spacial score (nSPS) is 13.1. The molecule has 0 radical (unpaired) electrons. The van der Waals surface area contributed by atoms with E-state index in [1.165, 1.54) is 11.8 Å². The number of carbonyl (C=O) groups excluding carboxylic acids is 2. The van der Waals surface area contributed by atoms with Gasteiger partial charge in [0.05, 0.1) is 16.9 Å². The number of thioether (sulfide) groups is 1. The predicted molar refractivity (Wildman–Crippen MR) is 137 cm³/mol. The van der Waals surface area contributed by atoms with Crippen LogP contribution in [0.25, 0.3) is 5.69 Å². The Balaban J connectivity index is 1.36. The molecule has 0 fully saturated rings. The largest absolute Gasteiger partial charge is 0.449 e. The van der Waals surface area contributed by atoms with Crippen molar-refractivity contribution in [2.75, 3.05) is 11.2 Å². The number of hydrogen-bond acceptors (Lipinski definition) is 7. The maximum Gasteiger partial charge on any atom is 0.338 e. The Morgan fingerprint density at radius 3 is 2.11 bits per heavy atom. The molecule has 4 aromatic rings. The van der Waals surface area contributed by atoms with E-state index in [0.717, 1.165) is 37.8 Å². The molecule has 0 bridgehead atoms. The van der Waals surface area contributed by atoms with Gasteiger partial charge in [-0.05, 0) is 68.6 Å². The number of rotatable bonds is 5. The highest BCUT2D eigenvalue weighted by atomic mass is 32.2. The van der Waals surface area contributed by atoms with Gasteiger partial charge in [-0.3, -0.25) is 14.3 Å². The fourth-order valence-electron chi connectivity index (χ4n) is 3.92. The molecule has 5 rings (SSSR count). The molecule has 0 N–H and O–H groups in total. The topological polar surface area (TPSA) is 77.3 Å². The molecule has 9 heteroatoms. The molecule has 176 valence electrons. The zero-order valence-corrected chi connectivity index (χ0v) is 21.0. The van der Waals surface area contributed by atoms with Gasteiger partial charge in [0.25, 0.3) is 5.91 Å². The number of benzene rings is 3. The number of amides is 1. The first kappa shape index (κ1) is 23.2. The smallest absolute Gasteiger partial charge is 0.338 e. The minimum absolute atomic E-state index is 0.306. The molecule has 2 heterocycles. The highest BCUT2D eigenvalue weighted by molar-refractivity contribution is 7.99. The van der Waals surface area contributed by atoms with Crippen LogP contribution in [0, 0.1) is 6.92 Å². The predicted octanol–water partition coefficient (Wildman–Crippen LogP) is 5.67. The van der Waals surface area contributed by atoms with Crippen LogP contribution in [0.4, 0.5) is 11.4 Å². The molecular formula is C26H22N4O3S2. The van der Waals surface area contributed by atoms with Gasteiger partial charge >= 0.3 is 5.97 Å². The number of esters is 1. The summed E-state index contributed by atoms with van der Waals surface area (Å²) in [5, 5.41) is 9.02. The Labute approximate surface area is 211 Å². The van der Waals surface area contributed by atoms with E-state index in [0.29, 0.717) is 5.56 Å². The SMILES string of the molecule is CSc1nnc(C)n1-c1ccc(C(=O)OC(C)C(=O)N2c3ccccc3Sc3ccccc32)cc1. The minimum Gasteiger partial charge on any atom is -0.449 e. The lowest BCUT2D eigenvalue weighted by molar-refractivity contribution is -0.125. The summed E-state index contributed by atoms with van der Waals surface area (Å²) in [7, 11) is 0. The van der Waals surface area contributed by atoms with Gasteiger partial charge in [0.15, 0.2) is 11.3 Å². The van der Waals surface area contributed by atoms with E-state index in [9.17, 15) is 9.59 Å². The van der Waals surface area contributed by atoms with Crippen molar-refractivity contribution in [2.24, 2.45) is 0 Å². The molecule has 35 heavy (non-hydrogen) atoms. The Morgan fingerprint density at radius 1 is 0.914 bits per heavy atom. The van der Waals surface area contributed by atoms with Crippen LogP contribution in [0.15, 0.2) is 87.7 Å². The van der Waals surface area contributed by atoms with Crippen molar-refractivity contribution in [3.05, 3.63) is 84.2 Å². The van der Waals surface area contributed by atoms with Crippen LogP contribution in [0.2, 0.25) is 0 Å². The first-order valence-electron chi connectivity index (χ1n) is 10.9. The average molecular weight is 503 g/mol. The van der Waals surface area contributed by atoms with Crippen molar-refractivity contribution in [1.29, 1.82) is 0 Å². The van der Waals surface area contributed by atoms with Gasteiger partial charge in [-0.1, -0.05) is 47.8 Å². The quantitative estimate of drug-likeness (QED) is 0.257. The van der Waals surface area contributed by atoms with Gasteiger partial charge in [0.2, 0.25) is 0 Å². The van der Waals surface area contributed by atoms with Crippen molar-refractivity contribution in [1.82, 2.24) is 14.8 Å². The van der Waals surface area contributed by atoms with E-state index in [2.05, 4.69) is 10.2 Å². The lowest BCUT2D eigenvalue weighted by atomic mass is 10.2. The van der Waals surface area contributed by atoms with Gasteiger partial charge in [-0.25, -0.2) is 4.79 Å². The molecule has 1 aliphatic heterocycles. The third-order valence-corrected chi connectivity index (χ3v) is 7.38. The summed E-state index contributed by atoms with van der Waals surface area (Å²) < 4.78 is 7.52. The molecule has 7 nitrogen and oxygen atoms in total. The van der Waals surface area contributed by atoms with E-state index in [1.54, 1.807) is 35.7 Å². The number of anilines is 2. The number of aromatic nitrogens is 3. The summed E-state index contributed by atoms with van der Waals surface area (Å²) in [4.78, 5) is 30.0. The van der Waals surface area contributed by atoms with Gasteiger partial charge in [-0.2, -0.15) is 0 Å². The first-order valence-corrected chi connectivity index (χ1v) is 13.0. The molecule has 0 saturated carbocycles. The summed E-state index contributed by atoms with van der Waals surface area (Å²) in [6, 6.07) is 22.4. The van der Waals surface area contributed by atoms with Crippen molar-refractivity contribution < 1.29 is 14.3 Å². The van der Waals surface area contributed by atoms with Gasteiger partial charge in [-0.15, -0.1) is 10.2 Å². The Bertz CT molecular complexity index is 1370. The minimum atomic E-state index is -0.977. The van der Waals surface area contributed by atoms with E-state index >= 15 is 0 Å². The summed E-state index contributed by atoms with van der Waals surface area (Å²) in [5.41, 5.74) is 2.76. The molecular weight excluding hydrogens is 480 g/mol. The van der Waals surface area contributed by atoms with Gasteiger partial charge in [0.1, 0.15) is 5.82 Å². The van der Waals surface area contributed by atoms with Crippen molar-refractivity contribution >= 4 is 46.8 Å². The van der Waals surface area contributed by atoms with E-state index in [4.69, 9.17) is 4.74 Å². The first-order chi connectivity index (χ1) is 17.0. The van der Waals surface area contributed by atoms with Crippen LogP contribution >= 0.6 is 23.5 Å². The molecule has 0 spiro atoms. The second kappa shape index (κ2) is 9.59. The zero-order chi connectivity index (χ0) is 24.5. The number of nitrogens with zero attached hydrogens (tertiary/aromatic N) is 4. The molecule has 1 amide bonds. The van der Waals surface area contributed by atoms with E-state index < -0.39 is 12.1 Å². The average Bonchev–Trinajstić information content (AvgIpc) is 3.27. The third-order valence-electron chi connectivity index (χ3n) is 5.62. The maximum atomic E-state index is 13.5. The molecule has 1 unspecified atom stereocenters. The number of para-hydroxylation sites is 2. The van der Waals surface area contributed by atoms with Crippen LogP contribution in [0.1, 0.15) is 23.1 Å². The molecule has 1 aromatic heterocycles. The summed E-state index contributed by atoms with van der Waals surface area (Å²) >= 11 is 3.11. The summed E-state index contributed by atoms with van der Waals surface area (Å²) in [5.74, 6) is -0.111.